The van der Waals surface area contributed by atoms with Crippen LogP contribution in [0.3, 0.4) is 0 Å². The van der Waals surface area contributed by atoms with E-state index in [-0.39, 0.29) is 5.91 Å². The number of thiazole rings is 1. The molecule has 0 aliphatic carbocycles. The molecule has 0 aromatic carbocycles. The number of nitrogens with one attached hydrogen (secondary N) is 1. The summed E-state index contributed by atoms with van der Waals surface area (Å²) < 4.78 is 0.600. The molecule has 2 aromatic heterocycles. The Hall–Kier alpha value is -1.11. The molecule has 16 heavy (non-hydrogen) atoms. The van der Waals surface area contributed by atoms with Gasteiger partial charge >= 0.3 is 0 Å². The minimum Gasteiger partial charge on any atom is -0.375 e. The topological polar surface area (TPSA) is 68.0 Å². The number of hydrogen-bond donors (Lipinski definition) is 2. The normalized spacial score (nSPS) is 10.3. The lowest BCUT2D eigenvalue weighted by molar-refractivity contribution is 0.0954. The SMILES string of the molecule is Nc1nc(CNC(=O)c2ccc(Cl)s2)cs1. The van der Waals surface area contributed by atoms with Crippen LogP contribution in [0.5, 0.6) is 0 Å². The number of rotatable bonds is 3. The summed E-state index contributed by atoms with van der Waals surface area (Å²) in [4.78, 5) is 16.3. The van der Waals surface area contributed by atoms with Gasteiger partial charge in [-0.3, -0.25) is 4.79 Å². The van der Waals surface area contributed by atoms with Gasteiger partial charge in [-0.2, -0.15) is 0 Å². The molecule has 7 heteroatoms. The second-order valence-electron chi connectivity index (χ2n) is 2.96. The van der Waals surface area contributed by atoms with Gasteiger partial charge < -0.3 is 11.1 Å². The van der Waals surface area contributed by atoms with Crippen LogP contribution in [0.15, 0.2) is 17.5 Å². The van der Waals surface area contributed by atoms with E-state index in [1.54, 1.807) is 12.1 Å². The predicted molar refractivity (Wildman–Crippen MR) is 67.0 cm³/mol. The van der Waals surface area contributed by atoms with E-state index in [0.29, 0.717) is 20.9 Å². The average Bonchev–Trinajstić information content (AvgIpc) is 2.84. The zero-order valence-corrected chi connectivity index (χ0v) is 10.5. The van der Waals surface area contributed by atoms with Gasteiger partial charge in [-0.1, -0.05) is 11.6 Å². The van der Waals surface area contributed by atoms with Gasteiger partial charge in [0.15, 0.2) is 5.13 Å². The number of nitrogen functional groups attached to an aromatic ring is 1. The van der Waals surface area contributed by atoms with Crippen molar-refractivity contribution in [2.75, 3.05) is 5.73 Å². The lowest BCUT2D eigenvalue weighted by Crippen LogP contribution is -2.21. The first-order valence-corrected chi connectivity index (χ1v) is 6.46. The first-order chi connectivity index (χ1) is 7.65. The first-order valence-electron chi connectivity index (χ1n) is 4.38. The third-order valence-corrected chi connectivity index (χ3v) is 3.75. The number of amides is 1. The van der Waals surface area contributed by atoms with Crippen molar-refractivity contribution in [3.05, 3.63) is 32.4 Å². The fourth-order valence-electron chi connectivity index (χ4n) is 1.10. The number of thiophene rings is 1. The highest BCUT2D eigenvalue weighted by molar-refractivity contribution is 7.18. The Labute approximate surface area is 105 Å². The number of anilines is 1. The van der Waals surface area contributed by atoms with E-state index in [9.17, 15) is 4.79 Å². The third kappa shape index (κ3) is 2.72. The van der Waals surface area contributed by atoms with Crippen molar-refractivity contribution < 1.29 is 4.79 Å². The molecule has 0 aliphatic heterocycles. The molecule has 0 spiro atoms. The van der Waals surface area contributed by atoms with Gasteiger partial charge in [-0.15, -0.1) is 22.7 Å². The van der Waals surface area contributed by atoms with E-state index < -0.39 is 0 Å². The minimum atomic E-state index is -0.150. The van der Waals surface area contributed by atoms with Gasteiger partial charge in [-0.25, -0.2) is 4.98 Å². The summed E-state index contributed by atoms with van der Waals surface area (Å²) in [6.45, 7) is 0.377. The third-order valence-electron chi connectivity index (χ3n) is 1.80. The summed E-state index contributed by atoms with van der Waals surface area (Å²) in [5.41, 5.74) is 6.24. The maximum Gasteiger partial charge on any atom is 0.261 e. The van der Waals surface area contributed by atoms with Gasteiger partial charge in [0.2, 0.25) is 0 Å². The fraction of sp³-hybridized carbons (Fsp3) is 0.111. The van der Waals surface area contributed by atoms with Crippen LogP contribution in [0.2, 0.25) is 4.34 Å². The second-order valence-corrected chi connectivity index (χ2v) is 5.57. The summed E-state index contributed by atoms with van der Waals surface area (Å²) >= 11 is 8.34. The van der Waals surface area contributed by atoms with Crippen molar-refractivity contribution in [3.8, 4) is 0 Å². The van der Waals surface area contributed by atoms with E-state index in [1.165, 1.54) is 22.7 Å². The summed E-state index contributed by atoms with van der Waals surface area (Å²) in [5, 5.41) is 5.06. The minimum absolute atomic E-state index is 0.150. The number of aromatic nitrogens is 1. The maximum atomic E-state index is 11.6. The van der Waals surface area contributed by atoms with Crippen molar-refractivity contribution >= 4 is 45.3 Å². The molecule has 0 fully saturated rings. The Morgan fingerprint density at radius 3 is 2.94 bits per heavy atom. The van der Waals surface area contributed by atoms with E-state index in [4.69, 9.17) is 17.3 Å². The Balaban J connectivity index is 1.93. The molecule has 84 valence electrons. The van der Waals surface area contributed by atoms with E-state index in [0.717, 1.165) is 5.69 Å². The van der Waals surface area contributed by atoms with E-state index in [2.05, 4.69) is 10.3 Å². The van der Waals surface area contributed by atoms with E-state index in [1.807, 2.05) is 5.38 Å². The second kappa shape index (κ2) is 4.82. The van der Waals surface area contributed by atoms with Crippen molar-refractivity contribution in [2.45, 2.75) is 6.54 Å². The number of carbonyl (C=O) groups is 1. The molecule has 2 aromatic rings. The number of carbonyl (C=O) groups excluding carboxylic acids is 1. The Bertz CT molecular complexity index is 508. The molecule has 0 saturated heterocycles. The molecule has 0 unspecified atom stereocenters. The zero-order chi connectivity index (χ0) is 11.5. The average molecular weight is 274 g/mol. The standard InChI is InChI=1S/C9H8ClN3OS2/c10-7-2-1-6(16-7)8(14)12-3-5-4-15-9(11)13-5/h1-2,4H,3H2,(H2,11,13)(H,12,14). The monoisotopic (exact) mass is 273 g/mol. The highest BCUT2D eigenvalue weighted by Gasteiger charge is 2.08. The number of hydrogen-bond acceptors (Lipinski definition) is 5. The summed E-state index contributed by atoms with van der Waals surface area (Å²) in [6.07, 6.45) is 0. The molecule has 0 atom stereocenters. The molecule has 0 radical (unpaired) electrons. The molecule has 3 N–H and O–H groups in total. The Morgan fingerprint density at radius 1 is 1.56 bits per heavy atom. The number of nitrogens with two attached hydrogens (primary N) is 1. The predicted octanol–water partition coefficient (Wildman–Crippen LogP) is 2.37. The molecule has 2 rings (SSSR count). The quantitative estimate of drug-likeness (QED) is 0.902. The molecular formula is C9H8ClN3OS2. The summed E-state index contributed by atoms with van der Waals surface area (Å²) in [5.74, 6) is -0.150. The smallest absolute Gasteiger partial charge is 0.261 e. The van der Waals surface area contributed by atoms with Gasteiger partial charge in [0.1, 0.15) is 0 Å². The fourth-order valence-corrected chi connectivity index (χ4v) is 2.62. The van der Waals surface area contributed by atoms with Crippen molar-refractivity contribution in [1.29, 1.82) is 0 Å². The van der Waals surface area contributed by atoms with Crippen LogP contribution in [-0.2, 0) is 6.54 Å². The first kappa shape index (κ1) is 11.4. The number of halogens is 1. The van der Waals surface area contributed by atoms with Crippen LogP contribution in [0.4, 0.5) is 5.13 Å². The highest BCUT2D eigenvalue weighted by Crippen LogP contribution is 2.21. The van der Waals surface area contributed by atoms with Crippen LogP contribution in [0, 0.1) is 0 Å². The molecule has 2 heterocycles. The van der Waals surface area contributed by atoms with Crippen LogP contribution in [0.25, 0.3) is 0 Å². The van der Waals surface area contributed by atoms with Crippen LogP contribution in [-0.4, -0.2) is 10.9 Å². The van der Waals surface area contributed by atoms with Crippen molar-refractivity contribution in [3.63, 3.8) is 0 Å². The van der Waals surface area contributed by atoms with Crippen molar-refractivity contribution in [1.82, 2.24) is 10.3 Å². The summed E-state index contributed by atoms with van der Waals surface area (Å²) in [6, 6.07) is 3.39. The van der Waals surface area contributed by atoms with E-state index >= 15 is 0 Å². The summed E-state index contributed by atoms with van der Waals surface area (Å²) in [7, 11) is 0. The molecule has 4 nitrogen and oxygen atoms in total. The van der Waals surface area contributed by atoms with Gasteiger partial charge in [0, 0.05) is 5.38 Å². The lowest BCUT2D eigenvalue weighted by Gasteiger charge is -1.99. The van der Waals surface area contributed by atoms with Crippen molar-refractivity contribution in [2.24, 2.45) is 0 Å². The van der Waals surface area contributed by atoms with Crippen LogP contribution >= 0.6 is 34.3 Å². The molecule has 1 amide bonds. The van der Waals surface area contributed by atoms with Crippen LogP contribution < -0.4 is 11.1 Å². The lowest BCUT2D eigenvalue weighted by atomic mass is 10.4. The Morgan fingerprint density at radius 2 is 2.38 bits per heavy atom. The molecule has 0 bridgehead atoms. The van der Waals surface area contributed by atoms with Gasteiger partial charge in [0.25, 0.3) is 5.91 Å². The molecule has 0 saturated carbocycles. The highest BCUT2D eigenvalue weighted by atomic mass is 35.5. The number of nitrogens with zero attached hydrogens (tertiary/aromatic N) is 1. The van der Waals surface area contributed by atoms with Crippen LogP contribution in [0.1, 0.15) is 15.4 Å². The maximum absolute atomic E-state index is 11.6. The molecule has 0 aliphatic rings. The zero-order valence-electron chi connectivity index (χ0n) is 8.07. The van der Waals surface area contributed by atoms with Gasteiger partial charge in [-0.05, 0) is 12.1 Å². The Kier molecular flexibility index (Phi) is 3.42. The largest absolute Gasteiger partial charge is 0.375 e. The molecular weight excluding hydrogens is 266 g/mol. The van der Waals surface area contributed by atoms with Gasteiger partial charge in [0.05, 0.1) is 21.5 Å².